The van der Waals surface area contributed by atoms with Crippen LogP contribution in [0.4, 0.5) is 0 Å². The third-order valence-corrected chi connectivity index (χ3v) is 0.949. The second-order valence-corrected chi connectivity index (χ2v) is 1.60. The fourth-order valence-corrected chi connectivity index (χ4v) is 0.558. The molecule has 0 amide bonds. The van der Waals surface area contributed by atoms with Gasteiger partial charge < -0.3 is 4.42 Å². The maximum atomic E-state index is 7.86. The van der Waals surface area contributed by atoms with Gasteiger partial charge in [-0.3, -0.25) is 5.43 Å². The van der Waals surface area contributed by atoms with Crippen molar-refractivity contribution in [2.75, 3.05) is 0 Å². The van der Waals surface area contributed by atoms with Crippen molar-refractivity contribution in [2.24, 2.45) is 5.22 Å². The standard InChI is InChI=1S/C5H6N4O/c6-8-9-7-4-5-2-1-3-10-5/h1-3,7H,4H2. The molecule has 1 rings (SSSR count). The number of nitrogens with zero attached hydrogens (tertiary/aromatic N) is 3. The third-order valence-electron chi connectivity index (χ3n) is 0.949. The Labute approximate surface area is 57.2 Å². The highest BCUT2D eigenvalue weighted by molar-refractivity contribution is 4.96. The summed E-state index contributed by atoms with van der Waals surface area (Å²) in [7, 11) is 0. The highest BCUT2D eigenvalue weighted by Gasteiger charge is 1.92. The highest BCUT2D eigenvalue weighted by Crippen LogP contribution is 1.97. The molecule has 5 heteroatoms. The van der Waals surface area contributed by atoms with Crippen LogP contribution in [-0.4, -0.2) is 0 Å². The molecule has 0 aromatic carbocycles. The van der Waals surface area contributed by atoms with Crippen molar-refractivity contribution in [1.29, 1.82) is 0 Å². The Morgan fingerprint density at radius 3 is 3.30 bits per heavy atom. The number of azide groups is 1. The molecule has 0 bridgehead atoms. The molecule has 0 aliphatic carbocycles. The third kappa shape index (κ3) is 1.72. The van der Waals surface area contributed by atoms with Gasteiger partial charge >= 0.3 is 0 Å². The molecule has 1 aromatic rings. The minimum absolute atomic E-state index is 0.428. The zero-order valence-corrected chi connectivity index (χ0v) is 5.19. The highest BCUT2D eigenvalue weighted by atomic mass is 16.3. The van der Waals surface area contributed by atoms with Crippen LogP contribution in [0.5, 0.6) is 0 Å². The van der Waals surface area contributed by atoms with Crippen LogP contribution in [0.15, 0.2) is 28.0 Å². The minimum Gasteiger partial charge on any atom is -0.465 e. The number of hydrogen-bond donors (Lipinski definition) is 1. The van der Waals surface area contributed by atoms with E-state index in [1.165, 1.54) is 0 Å². The first kappa shape index (κ1) is 6.51. The molecule has 0 unspecified atom stereocenters. The molecule has 0 spiro atoms. The summed E-state index contributed by atoms with van der Waals surface area (Å²) < 4.78 is 4.93. The quantitative estimate of drug-likeness (QED) is 0.298. The summed E-state index contributed by atoms with van der Waals surface area (Å²) in [6.45, 7) is 0.428. The summed E-state index contributed by atoms with van der Waals surface area (Å²) in [6.07, 6.45) is 1.56. The monoisotopic (exact) mass is 138 g/mol. The molecule has 0 aliphatic heterocycles. The van der Waals surface area contributed by atoms with E-state index in [2.05, 4.69) is 15.6 Å². The molecule has 0 saturated heterocycles. The molecule has 0 radical (unpaired) electrons. The van der Waals surface area contributed by atoms with Crippen molar-refractivity contribution in [3.05, 3.63) is 34.6 Å². The van der Waals surface area contributed by atoms with Crippen molar-refractivity contribution in [1.82, 2.24) is 5.43 Å². The first-order valence-corrected chi connectivity index (χ1v) is 2.73. The Balaban J connectivity index is 2.34. The molecule has 52 valence electrons. The Bertz CT molecular complexity index is 224. The van der Waals surface area contributed by atoms with E-state index in [9.17, 15) is 0 Å². The van der Waals surface area contributed by atoms with Gasteiger partial charge in [-0.25, -0.2) is 0 Å². The van der Waals surface area contributed by atoms with Gasteiger partial charge in [0.15, 0.2) is 0 Å². The molecule has 10 heavy (non-hydrogen) atoms. The summed E-state index contributed by atoms with van der Waals surface area (Å²) in [5.41, 5.74) is 10.3. The second-order valence-electron chi connectivity index (χ2n) is 1.60. The number of rotatable bonds is 3. The van der Waals surface area contributed by atoms with E-state index in [0.717, 1.165) is 5.76 Å². The van der Waals surface area contributed by atoms with Gasteiger partial charge in [-0.2, -0.15) is 4.91 Å². The van der Waals surface area contributed by atoms with Crippen LogP contribution < -0.4 is 5.43 Å². The van der Waals surface area contributed by atoms with Gasteiger partial charge in [0.2, 0.25) is 0 Å². The molecule has 0 saturated carbocycles. The maximum absolute atomic E-state index is 7.86. The van der Waals surface area contributed by atoms with Gasteiger partial charge in [0, 0.05) is 0 Å². The zero-order chi connectivity index (χ0) is 7.23. The summed E-state index contributed by atoms with van der Waals surface area (Å²) in [5.74, 6) is 0.743. The summed E-state index contributed by atoms with van der Waals surface area (Å²) >= 11 is 0. The van der Waals surface area contributed by atoms with Gasteiger partial charge in [0.25, 0.3) is 0 Å². The topological polar surface area (TPSA) is 73.9 Å². The summed E-state index contributed by atoms with van der Waals surface area (Å²) in [4.78, 5) is 2.51. The lowest BCUT2D eigenvalue weighted by molar-refractivity contribution is 0.487. The van der Waals surface area contributed by atoms with E-state index in [0.29, 0.717) is 6.54 Å². The van der Waals surface area contributed by atoms with Crippen LogP contribution in [-0.2, 0) is 6.54 Å². The van der Waals surface area contributed by atoms with Gasteiger partial charge in [0.1, 0.15) is 12.3 Å². The van der Waals surface area contributed by atoms with Crippen molar-refractivity contribution < 1.29 is 4.42 Å². The van der Waals surface area contributed by atoms with E-state index in [1.54, 1.807) is 18.4 Å². The SMILES string of the molecule is [N-]=[N+]=NNCc1ccco1. The molecule has 0 aliphatic rings. The molecule has 0 atom stereocenters. The van der Waals surface area contributed by atoms with Crippen LogP contribution in [0.2, 0.25) is 0 Å². The van der Waals surface area contributed by atoms with Crippen molar-refractivity contribution in [3.8, 4) is 0 Å². The van der Waals surface area contributed by atoms with E-state index in [1.807, 2.05) is 0 Å². The predicted octanol–water partition coefficient (Wildman–Crippen LogP) is 1.59. The lowest BCUT2D eigenvalue weighted by Gasteiger charge is -1.87. The fraction of sp³-hybridized carbons (Fsp3) is 0.200. The molecule has 1 N–H and O–H groups in total. The van der Waals surface area contributed by atoms with Gasteiger partial charge in [0.05, 0.1) is 6.26 Å². The van der Waals surface area contributed by atoms with Crippen molar-refractivity contribution >= 4 is 0 Å². The fourth-order valence-electron chi connectivity index (χ4n) is 0.558. The van der Waals surface area contributed by atoms with Crippen LogP contribution >= 0.6 is 0 Å². The Hall–Kier alpha value is -1.61. The second kappa shape index (κ2) is 3.42. The average molecular weight is 138 g/mol. The molecule has 1 heterocycles. The Kier molecular flexibility index (Phi) is 2.23. The number of hydrogen-bond acceptors (Lipinski definition) is 2. The van der Waals surface area contributed by atoms with Crippen LogP contribution in [0.1, 0.15) is 5.76 Å². The lowest BCUT2D eigenvalue weighted by Crippen LogP contribution is -2.01. The minimum atomic E-state index is 0.428. The Morgan fingerprint density at radius 1 is 1.80 bits per heavy atom. The van der Waals surface area contributed by atoms with Crippen LogP contribution in [0.3, 0.4) is 0 Å². The Morgan fingerprint density at radius 2 is 2.70 bits per heavy atom. The largest absolute Gasteiger partial charge is 0.465 e. The molecular weight excluding hydrogens is 132 g/mol. The molecule has 0 fully saturated rings. The number of nitrogens with one attached hydrogen (secondary N) is 1. The lowest BCUT2D eigenvalue weighted by atomic mass is 10.5. The average Bonchev–Trinajstić information content (AvgIpc) is 2.41. The molecule has 1 aromatic heterocycles. The molecule has 5 nitrogen and oxygen atoms in total. The van der Waals surface area contributed by atoms with E-state index < -0.39 is 0 Å². The van der Waals surface area contributed by atoms with Gasteiger partial charge in [-0.15, -0.1) is 5.53 Å². The predicted molar refractivity (Wildman–Crippen MR) is 34.7 cm³/mol. The van der Waals surface area contributed by atoms with Gasteiger partial charge in [-0.05, 0) is 17.4 Å². The number of furan rings is 1. The maximum Gasteiger partial charge on any atom is 0.145 e. The summed E-state index contributed by atoms with van der Waals surface area (Å²) in [6, 6.07) is 3.56. The first-order chi connectivity index (χ1) is 4.93. The van der Waals surface area contributed by atoms with E-state index >= 15 is 0 Å². The van der Waals surface area contributed by atoms with Crippen molar-refractivity contribution in [3.63, 3.8) is 0 Å². The normalized spacial score (nSPS) is 8.40. The molecular formula is C5H6N4O. The summed E-state index contributed by atoms with van der Waals surface area (Å²) in [5, 5.41) is 3.12. The smallest absolute Gasteiger partial charge is 0.145 e. The van der Waals surface area contributed by atoms with Crippen molar-refractivity contribution in [2.45, 2.75) is 6.54 Å². The van der Waals surface area contributed by atoms with E-state index in [-0.39, 0.29) is 0 Å². The van der Waals surface area contributed by atoms with Crippen LogP contribution in [0, 0.1) is 0 Å². The van der Waals surface area contributed by atoms with E-state index in [4.69, 9.17) is 9.95 Å². The first-order valence-electron chi connectivity index (χ1n) is 2.73. The van der Waals surface area contributed by atoms with Gasteiger partial charge in [-0.1, -0.05) is 0 Å². The van der Waals surface area contributed by atoms with Crippen LogP contribution in [0.25, 0.3) is 10.4 Å². The zero-order valence-electron chi connectivity index (χ0n) is 5.19.